The number of amides is 3. The van der Waals surface area contributed by atoms with E-state index < -0.39 is 23.5 Å². The molecule has 0 heterocycles. The van der Waals surface area contributed by atoms with Gasteiger partial charge < -0.3 is 15.8 Å². The fraction of sp³-hybridized carbons (Fsp3) is 0.111. The van der Waals surface area contributed by atoms with Crippen LogP contribution in [0.25, 0.3) is 0 Å². The molecular weight excluding hydrogens is 435 g/mol. The van der Waals surface area contributed by atoms with Gasteiger partial charge in [0, 0.05) is 4.47 Å². The zero-order valence-corrected chi connectivity index (χ0v) is 16.2. The number of ether oxygens (including phenoxy) is 1. The van der Waals surface area contributed by atoms with E-state index in [1.807, 2.05) is 0 Å². The first-order chi connectivity index (χ1) is 13.3. The first kappa shape index (κ1) is 21.0. The van der Waals surface area contributed by atoms with Crippen LogP contribution in [0.4, 0.5) is 10.1 Å². The molecule has 4 N–H and O–H groups in total. The Morgan fingerprint density at radius 2 is 1.82 bits per heavy atom. The molecule has 0 saturated heterocycles. The molecule has 8 nitrogen and oxygen atoms in total. The highest BCUT2D eigenvalue weighted by atomic mass is 79.9. The van der Waals surface area contributed by atoms with Crippen molar-refractivity contribution >= 4 is 45.1 Å². The summed E-state index contributed by atoms with van der Waals surface area (Å²) in [4.78, 5) is 34.4. The van der Waals surface area contributed by atoms with Crippen molar-refractivity contribution in [1.82, 2.24) is 5.43 Å². The van der Waals surface area contributed by atoms with E-state index in [9.17, 15) is 18.8 Å². The zero-order valence-electron chi connectivity index (χ0n) is 14.7. The molecule has 0 aliphatic heterocycles. The summed E-state index contributed by atoms with van der Waals surface area (Å²) in [6.07, 6.45) is 0. The van der Waals surface area contributed by atoms with Crippen molar-refractivity contribution in [2.75, 3.05) is 11.9 Å². The highest BCUT2D eigenvalue weighted by molar-refractivity contribution is 9.10. The number of primary amides is 1. The summed E-state index contributed by atoms with van der Waals surface area (Å²) < 4.78 is 19.3. The van der Waals surface area contributed by atoms with E-state index in [4.69, 9.17) is 10.5 Å². The number of hydrazone groups is 1. The Balaban J connectivity index is 1.94. The Morgan fingerprint density at radius 3 is 2.43 bits per heavy atom. The van der Waals surface area contributed by atoms with Crippen molar-refractivity contribution in [2.45, 2.75) is 6.92 Å². The molecule has 3 amide bonds. The van der Waals surface area contributed by atoms with E-state index in [0.717, 1.165) is 6.07 Å². The van der Waals surface area contributed by atoms with E-state index in [1.54, 1.807) is 31.2 Å². The molecule has 28 heavy (non-hydrogen) atoms. The maximum absolute atomic E-state index is 13.7. The summed E-state index contributed by atoms with van der Waals surface area (Å²) in [5, 5.41) is 6.00. The molecule has 2 rings (SSSR count). The molecule has 2 aromatic carbocycles. The number of nitrogens with one attached hydrogen (secondary N) is 2. The van der Waals surface area contributed by atoms with Crippen LogP contribution >= 0.6 is 15.9 Å². The van der Waals surface area contributed by atoms with Crippen LogP contribution in [0.15, 0.2) is 52.0 Å². The van der Waals surface area contributed by atoms with Gasteiger partial charge in [-0.25, -0.2) is 9.82 Å². The molecule has 0 atom stereocenters. The number of carbonyl (C=O) groups excluding carboxylic acids is 3. The van der Waals surface area contributed by atoms with Gasteiger partial charge in [0.05, 0.1) is 11.4 Å². The number of nitrogens with zero attached hydrogens (tertiary/aromatic N) is 1. The van der Waals surface area contributed by atoms with Crippen LogP contribution in [0, 0.1) is 5.82 Å². The number of anilines is 1. The smallest absolute Gasteiger partial charge is 0.329 e. The third-order valence-corrected chi connectivity index (χ3v) is 3.86. The lowest BCUT2D eigenvalue weighted by molar-refractivity contribution is -0.136. The van der Waals surface area contributed by atoms with Crippen LogP contribution in [0.5, 0.6) is 5.75 Å². The average molecular weight is 451 g/mol. The largest absolute Gasteiger partial charge is 0.484 e. The van der Waals surface area contributed by atoms with Gasteiger partial charge in [-0.2, -0.15) is 5.10 Å². The molecule has 0 saturated carbocycles. The Hall–Kier alpha value is -3.27. The Kier molecular flexibility index (Phi) is 7.21. The Bertz CT molecular complexity index is 932. The Labute approximate surface area is 168 Å². The van der Waals surface area contributed by atoms with Crippen molar-refractivity contribution < 1.29 is 23.5 Å². The van der Waals surface area contributed by atoms with Gasteiger partial charge in [-0.15, -0.1) is 0 Å². The number of halogens is 2. The highest BCUT2D eigenvalue weighted by Gasteiger charge is 2.15. The molecule has 2 aromatic rings. The predicted octanol–water partition coefficient (Wildman–Crippen LogP) is 1.93. The van der Waals surface area contributed by atoms with Crippen LogP contribution in [-0.4, -0.2) is 30.0 Å². The highest BCUT2D eigenvalue weighted by Crippen LogP contribution is 2.19. The molecule has 0 fully saturated rings. The van der Waals surface area contributed by atoms with Gasteiger partial charge >= 0.3 is 11.8 Å². The van der Waals surface area contributed by atoms with Crippen LogP contribution in [0.2, 0.25) is 0 Å². The molecule has 0 unspecified atom stereocenters. The Morgan fingerprint density at radius 1 is 1.14 bits per heavy atom. The fourth-order valence-corrected chi connectivity index (χ4v) is 2.30. The second-order valence-corrected chi connectivity index (χ2v) is 6.41. The maximum Gasteiger partial charge on any atom is 0.329 e. The molecule has 0 spiro atoms. The van der Waals surface area contributed by atoms with Gasteiger partial charge in [0.25, 0.3) is 5.91 Å². The van der Waals surface area contributed by atoms with Crippen molar-refractivity contribution in [3.8, 4) is 5.75 Å². The maximum atomic E-state index is 13.7. The molecule has 10 heteroatoms. The third kappa shape index (κ3) is 6.16. The van der Waals surface area contributed by atoms with Crippen molar-refractivity contribution in [3.05, 3.63) is 58.3 Å². The van der Waals surface area contributed by atoms with Gasteiger partial charge in [0.15, 0.2) is 6.61 Å². The summed E-state index contributed by atoms with van der Waals surface area (Å²) in [6.45, 7) is 1.38. The number of hydrogen-bond donors (Lipinski definition) is 3. The number of nitrogens with two attached hydrogens (primary N) is 1. The normalized spacial score (nSPS) is 10.9. The lowest BCUT2D eigenvalue weighted by atomic mass is 10.1. The van der Waals surface area contributed by atoms with Crippen LogP contribution in [-0.2, 0) is 14.4 Å². The lowest BCUT2D eigenvalue weighted by Crippen LogP contribution is -2.33. The quantitative estimate of drug-likeness (QED) is 0.353. The molecule has 0 bridgehead atoms. The van der Waals surface area contributed by atoms with Gasteiger partial charge in [0.2, 0.25) is 0 Å². The topological polar surface area (TPSA) is 123 Å². The zero-order chi connectivity index (χ0) is 20.7. The monoisotopic (exact) mass is 450 g/mol. The van der Waals surface area contributed by atoms with Crippen molar-refractivity contribution in [3.63, 3.8) is 0 Å². The van der Waals surface area contributed by atoms with Gasteiger partial charge in [0.1, 0.15) is 11.6 Å². The summed E-state index contributed by atoms with van der Waals surface area (Å²) in [6, 6.07) is 10.5. The lowest BCUT2D eigenvalue weighted by Gasteiger charge is -2.07. The van der Waals surface area contributed by atoms with E-state index >= 15 is 0 Å². The molecule has 0 aromatic heterocycles. The fourth-order valence-electron chi connectivity index (χ4n) is 1.97. The van der Waals surface area contributed by atoms with E-state index in [2.05, 4.69) is 31.8 Å². The van der Waals surface area contributed by atoms with Crippen molar-refractivity contribution in [1.29, 1.82) is 0 Å². The van der Waals surface area contributed by atoms with E-state index in [1.165, 1.54) is 12.1 Å². The first-order valence-electron chi connectivity index (χ1n) is 7.88. The summed E-state index contributed by atoms with van der Waals surface area (Å²) in [5.74, 6) is -2.95. The first-order valence-corrected chi connectivity index (χ1v) is 8.67. The SMILES string of the molecule is C/C(=N\NC(=O)C(=O)Nc1ccc(Br)cc1F)c1ccc(OCC(N)=O)cc1. The number of benzene rings is 2. The molecule has 0 radical (unpaired) electrons. The molecule has 0 aliphatic rings. The second-order valence-electron chi connectivity index (χ2n) is 5.50. The minimum atomic E-state index is -1.06. The van der Waals surface area contributed by atoms with E-state index in [0.29, 0.717) is 21.5 Å². The minimum Gasteiger partial charge on any atom is -0.484 e. The number of hydrogen-bond acceptors (Lipinski definition) is 5. The van der Waals surface area contributed by atoms with E-state index in [-0.39, 0.29) is 12.3 Å². The number of rotatable bonds is 6. The third-order valence-electron chi connectivity index (χ3n) is 3.36. The molecule has 0 aliphatic carbocycles. The molecular formula is C18H16BrFN4O4. The van der Waals surface area contributed by atoms with Crippen LogP contribution in [0.3, 0.4) is 0 Å². The summed E-state index contributed by atoms with van der Waals surface area (Å²) in [7, 11) is 0. The standard InChI is InChI=1S/C18H16BrFN4O4/c1-10(11-2-5-13(6-3-11)28-9-16(21)25)23-24-18(27)17(26)22-15-7-4-12(19)8-14(15)20/h2-8H,9H2,1H3,(H2,21,25)(H,22,26)(H,24,27)/b23-10+. The number of carbonyl (C=O) groups is 3. The van der Waals surface area contributed by atoms with Gasteiger partial charge in [-0.1, -0.05) is 15.9 Å². The van der Waals surface area contributed by atoms with Crippen molar-refractivity contribution in [2.24, 2.45) is 10.8 Å². The van der Waals surface area contributed by atoms with Gasteiger partial charge in [-0.3, -0.25) is 14.4 Å². The predicted molar refractivity (Wildman–Crippen MR) is 104 cm³/mol. The molecule has 146 valence electrons. The summed E-state index contributed by atoms with van der Waals surface area (Å²) >= 11 is 3.10. The average Bonchev–Trinajstić information content (AvgIpc) is 2.66. The van der Waals surface area contributed by atoms with Crippen LogP contribution < -0.4 is 21.2 Å². The van der Waals surface area contributed by atoms with Crippen LogP contribution in [0.1, 0.15) is 12.5 Å². The minimum absolute atomic E-state index is 0.129. The van der Waals surface area contributed by atoms with Gasteiger partial charge in [-0.05, 0) is 55.0 Å². The summed E-state index contributed by atoms with van der Waals surface area (Å²) in [5.41, 5.74) is 8.02. The second kappa shape index (κ2) is 9.60.